The van der Waals surface area contributed by atoms with E-state index in [9.17, 15) is 32.9 Å². The van der Waals surface area contributed by atoms with Gasteiger partial charge in [0, 0.05) is 0 Å². The molecule has 11 nitrogen and oxygen atoms in total. The van der Waals surface area contributed by atoms with Crippen molar-refractivity contribution in [2.75, 3.05) is 0 Å². The third kappa shape index (κ3) is 5.85. The van der Waals surface area contributed by atoms with E-state index in [-0.39, 0.29) is 10.5 Å². The van der Waals surface area contributed by atoms with Gasteiger partial charge in [0.05, 0.1) is 17.8 Å². The second kappa shape index (κ2) is 7.33. The van der Waals surface area contributed by atoms with Crippen LogP contribution >= 0.6 is 0 Å². The van der Waals surface area contributed by atoms with Crippen LogP contribution in [-0.2, 0) is 12.7 Å². The summed E-state index contributed by atoms with van der Waals surface area (Å²) in [5.41, 5.74) is 4.42. The number of benzene rings is 1. The van der Waals surface area contributed by atoms with E-state index in [4.69, 9.17) is 15.9 Å². The summed E-state index contributed by atoms with van der Waals surface area (Å²) in [6, 6.07) is 1.93. The molecule has 0 saturated carbocycles. The lowest BCUT2D eigenvalue weighted by molar-refractivity contribution is -0.525. The molecule has 0 fully saturated rings. The largest absolute Gasteiger partial charge is 0.465 e. The molecule has 2 amide bonds. The van der Waals surface area contributed by atoms with Crippen LogP contribution in [0.2, 0.25) is 0 Å². The predicted octanol–water partition coefficient (Wildman–Crippen LogP) is 1.59. The Hall–Kier alpha value is -3.58. The van der Waals surface area contributed by atoms with Crippen molar-refractivity contribution in [1.82, 2.24) is 10.3 Å². The van der Waals surface area contributed by atoms with Gasteiger partial charge in [-0.3, -0.25) is 0 Å². The standard InChI is InChI=1S/C11H10F3N5O6/c12-11(13,14)6-1-5(4-18(9(20)21)10(22)23)2-7(3-6)16-8(15)17-19(24)25/h1-3H,4H2,(H,20,21)(H,22,23)(H3,15,16,17). The highest BCUT2D eigenvalue weighted by Gasteiger charge is 2.32. The molecule has 1 aromatic carbocycles. The Morgan fingerprint density at radius 1 is 1.28 bits per heavy atom. The molecule has 0 bridgehead atoms. The second-order valence-electron chi connectivity index (χ2n) is 4.40. The fourth-order valence-corrected chi connectivity index (χ4v) is 1.65. The molecule has 0 aliphatic rings. The summed E-state index contributed by atoms with van der Waals surface area (Å²) < 4.78 is 38.7. The Morgan fingerprint density at radius 3 is 2.28 bits per heavy atom. The summed E-state index contributed by atoms with van der Waals surface area (Å²) >= 11 is 0. The Balaban J connectivity index is 3.34. The number of imide groups is 1. The molecule has 0 aliphatic heterocycles. The molecular formula is C11H10F3N5O6. The molecular weight excluding hydrogens is 355 g/mol. The minimum absolute atomic E-state index is 0.151. The van der Waals surface area contributed by atoms with Crippen LogP contribution in [0.4, 0.5) is 28.4 Å². The first-order valence-corrected chi connectivity index (χ1v) is 6.10. The number of nitrogens with two attached hydrogens (primary N) is 1. The number of amides is 2. The molecule has 0 unspecified atom stereocenters. The number of alkyl halides is 3. The first-order chi connectivity index (χ1) is 11.4. The van der Waals surface area contributed by atoms with Gasteiger partial charge in [0.1, 0.15) is 0 Å². The maximum Gasteiger partial charge on any atom is 0.417 e. The number of nitro groups is 1. The number of halogens is 3. The normalized spacial score (nSPS) is 11.7. The lowest BCUT2D eigenvalue weighted by atomic mass is 10.1. The number of hydrazine groups is 1. The fourth-order valence-electron chi connectivity index (χ4n) is 1.65. The van der Waals surface area contributed by atoms with Gasteiger partial charge in [-0.2, -0.15) is 13.2 Å². The molecule has 5 N–H and O–H groups in total. The van der Waals surface area contributed by atoms with Crippen LogP contribution in [0.3, 0.4) is 0 Å². The number of hydrogen-bond donors (Lipinski definition) is 4. The molecule has 0 aromatic heterocycles. The highest BCUT2D eigenvalue weighted by atomic mass is 19.4. The number of nitrogens with zero attached hydrogens (tertiary/aromatic N) is 3. The second-order valence-corrected chi connectivity index (χ2v) is 4.40. The molecule has 0 spiro atoms. The maximum atomic E-state index is 12.9. The van der Waals surface area contributed by atoms with E-state index >= 15 is 0 Å². The number of rotatable bonds is 4. The highest BCUT2D eigenvalue weighted by Crippen LogP contribution is 2.33. The quantitative estimate of drug-likeness (QED) is 0.269. The molecule has 136 valence electrons. The van der Waals surface area contributed by atoms with Crippen LogP contribution in [-0.4, -0.2) is 38.3 Å². The maximum absolute atomic E-state index is 12.9. The Bertz CT molecular complexity index is 721. The van der Waals surface area contributed by atoms with Crippen molar-refractivity contribution in [3.05, 3.63) is 39.4 Å². The van der Waals surface area contributed by atoms with Gasteiger partial charge in [-0.25, -0.2) is 29.6 Å². The third-order valence-electron chi connectivity index (χ3n) is 2.56. The molecule has 0 heterocycles. The lowest BCUT2D eigenvalue weighted by Gasteiger charge is -2.15. The summed E-state index contributed by atoms with van der Waals surface area (Å²) in [5.74, 6) is -0.830. The third-order valence-corrected chi connectivity index (χ3v) is 2.56. The van der Waals surface area contributed by atoms with Crippen molar-refractivity contribution in [3.63, 3.8) is 0 Å². The molecule has 1 rings (SSSR count). The van der Waals surface area contributed by atoms with E-state index in [0.29, 0.717) is 12.1 Å². The van der Waals surface area contributed by atoms with Gasteiger partial charge in [0.15, 0.2) is 5.03 Å². The molecule has 0 atom stereocenters. The van der Waals surface area contributed by atoms with Crippen LogP contribution < -0.4 is 11.2 Å². The number of nitrogens with one attached hydrogen (secondary N) is 1. The minimum atomic E-state index is -4.86. The van der Waals surface area contributed by atoms with Gasteiger partial charge in [-0.1, -0.05) is 5.43 Å². The molecule has 1 aromatic rings. The summed E-state index contributed by atoms with van der Waals surface area (Å²) in [5, 5.41) is 26.6. The molecule has 0 radical (unpaired) electrons. The van der Waals surface area contributed by atoms with Gasteiger partial charge in [0.2, 0.25) is 0 Å². The van der Waals surface area contributed by atoms with Crippen molar-refractivity contribution < 1.29 is 38.0 Å². The predicted molar refractivity (Wildman–Crippen MR) is 74.4 cm³/mol. The smallest absolute Gasteiger partial charge is 0.417 e. The van der Waals surface area contributed by atoms with E-state index < -0.39 is 47.2 Å². The van der Waals surface area contributed by atoms with Crippen LogP contribution in [0, 0.1) is 10.1 Å². The molecule has 0 saturated heterocycles. The van der Waals surface area contributed by atoms with Crippen LogP contribution in [0.5, 0.6) is 0 Å². The number of carboxylic acid groups (broad SMARTS) is 2. The summed E-state index contributed by atoms with van der Waals surface area (Å²) in [4.78, 5) is 35.0. The molecule has 14 heteroatoms. The van der Waals surface area contributed by atoms with Crippen molar-refractivity contribution >= 4 is 23.8 Å². The molecule has 25 heavy (non-hydrogen) atoms. The van der Waals surface area contributed by atoms with Gasteiger partial charge in [-0.05, 0) is 23.8 Å². The average Bonchev–Trinajstić information content (AvgIpc) is 2.41. The lowest BCUT2D eigenvalue weighted by Crippen LogP contribution is -2.35. The zero-order valence-corrected chi connectivity index (χ0v) is 12.0. The summed E-state index contributed by atoms with van der Waals surface area (Å²) in [6.45, 7) is -0.917. The van der Waals surface area contributed by atoms with Crippen LogP contribution in [0.1, 0.15) is 11.1 Å². The van der Waals surface area contributed by atoms with Gasteiger partial charge < -0.3 is 15.9 Å². The van der Waals surface area contributed by atoms with Crippen molar-refractivity contribution in [2.24, 2.45) is 10.7 Å². The Morgan fingerprint density at radius 2 is 1.84 bits per heavy atom. The monoisotopic (exact) mass is 365 g/mol. The van der Waals surface area contributed by atoms with E-state index in [0.717, 1.165) is 6.07 Å². The van der Waals surface area contributed by atoms with E-state index in [2.05, 4.69) is 4.99 Å². The van der Waals surface area contributed by atoms with Gasteiger partial charge in [-0.15, -0.1) is 0 Å². The zero-order chi connectivity index (χ0) is 19.4. The van der Waals surface area contributed by atoms with E-state index in [1.165, 1.54) is 5.43 Å². The van der Waals surface area contributed by atoms with E-state index in [1.54, 1.807) is 0 Å². The number of aliphatic imine (C=N–C) groups is 1. The zero-order valence-electron chi connectivity index (χ0n) is 12.0. The van der Waals surface area contributed by atoms with Crippen LogP contribution in [0.25, 0.3) is 0 Å². The average molecular weight is 365 g/mol. The van der Waals surface area contributed by atoms with Crippen LogP contribution in [0.15, 0.2) is 23.2 Å². The van der Waals surface area contributed by atoms with Crippen molar-refractivity contribution in [3.8, 4) is 0 Å². The number of carbonyl (C=O) groups is 2. The Labute approximate surface area is 136 Å². The van der Waals surface area contributed by atoms with Crippen molar-refractivity contribution in [1.29, 1.82) is 0 Å². The topological polar surface area (TPSA) is 171 Å². The number of guanidine groups is 1. The van der Waals surface area contributed by atoms with E-state index in [1.807, 2.05) is 0 Å². The highest BCUT2D eigenvalue weighted by molar-refractivity contribution is 5.85. The fraction of sp³-hybridized carbons (Fsp3) is 0.182. The first kappa shape index (κ1) is 19.5. The van der Waals surface area contributed by atoms with Gasteiger partial charge in [0.25, 0.3) is 5.96 Å². The minimum Gasteiger partial charge on any atom is -0.465 e. The SMILES string of the molecule is NC(=Nc1cc(CN(C(=O)O)C(=O)O)cc(C(F)(F)F)c1)N[N+](=O)[O-]. The molecule has 0 aliphatic carbocycles. The Kier molecular flexibility index (Phi) is 5.71. The first-order valence-electron chi connectivity index (χ1n) is 6.10. The van der Waals surface area contributed by atoms with Gasteiger partial charge >= 0.3 is 18.4 Å². The number of hydrogen-bond acceptors (Lipinski definition) is 5. The summed E-state index contributed by atoms with van der Waals surface area (Å²) in [6.07, 6.45) is -8.66. The summed E-state index contributed by atoms with van der Waals surface area (Å²) in [7, 11) is 0. The van der Waals surface area contributed by atoms with Crippen molar-refractivity contribution in [2.45, 2.75) is 12.7 Å².